The average Bonchev–Trinajstić information content (AvgIpc) is 2.50. The van der Waals surface area contributed by atoms with Crippen molar-refractivity contribution in [1.82, 2.24) is 5.32 Å². The van der Waals surface area contributed by atoms with Crippen LogP contribution in [0.2, 0.25) is 0 Å². The van der Waals surface area contributed by atoms with Crippen molar-refractivity contribution in [1.29, 1.82) is 0 Å². The Balaban J connectivity index is 1.82. The van der Waals surface area contributed by atoms with Crippen molar-refractivity contribution in [2.45, 2.75) is 25.3 Å². The highest BCUT2D eigenvalue weighted by Gasteiger charge is 2.37. The smallest absolute Gasteiger partial charge is 0.309 e. The van der Waals surface area contributed by atoms with Gasteiger partial charge in [0.1, 0.15) is 5.75 Å². The fraction of sp³-hybridized carbons (Fsp3) is 0.562. The zero-order chi connectivity index (χ0) is 14.1. The van der Waals surface area contributed by atoms with E-state index >= 15 is 0 Å². The van der Waals surface area contributed by atoms with Crippen molar-refractivity contribution in [3.05, 3.63) is 29.3 Å². The monoisotopic (exact) mass is 275 g/mol. The summed E-state index contributed by atoms with van der Waals surface area (Å²) < 4.78 is 10.4. The van der Waals surface area contributed by atoms with Gasteiger partial charge < -0.3 is 14.8 Å². The molecule has 1 fully saturated rings. The van der Waals surface area contributed by atoms with Crippen molar-refractivity contribution in [2.75, 3.05) is 20.8 Å². The van der Waals surface area contributed by atoms with Crippen molar-refractivity contribution in [3.63, 3.8) is 0 Å². The summed E-state index contributed by atoms with van der Waals surface area (Å²) in [7, 11) is 3.19. The minimum Gasteiger partial charge on any atom is -0.496 e. The molecule has 1 aromatic rings. The van der Waals surface area contributed by atoms with Gasteiger partial charge in [-0.25, -0.2) is 0 Å². The summed E-state index contributed by atoms with van der Waals surface area (Å²) in [5.41, 5.74) is 2.68. The quantitative estimate of drug-likeness (QED) is 0.832. The number of rotatable bonds is 2. The maximum absolute atomic E-state index is 11.7. The van der Waals surface area contributed by atoms with Crippen LogP contribution < -0.4 is 10.1 Å². The first kappa shape index (κ1) is 13.4. The molecular formula is C16H21NO3. The fourth-order valence-electron chi connectivity index (χ4n) is 3.61. The summed E-state index contributed by atoms with van der Waals surface area (Å²) in [6.07, 6.45) is 2.90. The minimum absolute atomic E-state index is 0.0162. The Morgan fingerprint density at radius 3 is 2.90 bits per heavy atom. The molecule has 1 aliphatic heterocycles. The molecule has 0 saturated carbocycles. The van der Waals surface area contributed by atoms with E-state index in [4.69, 9.17) is 9.47 Å². The molecule has 1 heterocycles. The normalized spacial score (nSPS) is 28.2. The summed E-state index contributed by atoms with van der Waals surface area (Å²) in [6, 6.07) is 6.73. The van der Waals surface area contributed by atoms with Crippen molar-refractivity contribution in [2.24, 2.45) is 11.8 Å². The van der Waals surface area contributed by atoms with Crippen LogP contribution in [0.15, 0.2) is 18.2 Å². The SMILES string of the molecule is COC(=O)C1CNC2Cc3cccc(OC)c3CC2C1. The minimum atomic E-state index is -0.0956. The zero-order valence-corrected chi connectivity index (χ0v) is 12.0. The Labute approximate surface area is 119 Å². The first-order chi connectivity index (χ1) is 9.72. The lowest BCUT2D eigenvalue weighted by atomic mass is 9.73. The number of nitrogens with one attached hydrogen (secondary N) is 1. The number of methoxy groups -OCH3 is 2. The van der Waals surface area contributed by atoms with Crippen LogP contribution in [0, 0.1) is 11.8 Å². The zero-order valence-electron chi connectivity index (χ0n) is 12.0. The fourth-order valence-corrected chi connectivity index (χ4v) is 3.61. The van der Waals surface area contributed by atoms with Crippen LogP contribution in [-0.2, 0) is 22.4 Å². The highest BCUT2D eigenvalue weighted by molar-refractivity contribution is 5.72. The number of carbonyl (C=O) groups is 1. The third-order valence-electron chi connectivity index (χ3n) is 4.67. The van der Waals surface area contributed by atoms with Gasteiger partial charge in [0.15, 0.2) is 0 Å². The maximum atomic E-state index is 11.7. The van der Waals surface area contributed by atoms with Crippen LogP contribution >= 0.6 is 0 Å². The Morgan fingerprint density at radius 1 is 1.30 bits per heavy atom. The molecule has 0 bridgehead atoms. The van der Waals surface area contributed by atoms with Crippen LogP contribution in [0.3, 0.4) is 0 Å². The average molecular weight is 275 g/mol. The molecular weight excluding hydrogens is 254 g/mol. The van der Waals surface area contributed by atoms with E-state index < -0.39 is 0 Å². The molecule has 0 amide bonds. The first-order valence-electron chi connectivity index (χ1n) is 7.19. The van der Waals surface area contributed by atoms with E-state index in [9.17, 15) is 4.79 Å². The van der Waals surface area contributed by atoms with E-state index in [1.807, 2.05) is 6.07 Å². The van der Waals surface area contributed by atoms with Crippen molar-refractivity contribution < 1.29 is 14.3 Å². The standard InChI is InChI=1S/C16H21NO3/c1-19-15-5-3-4-10-8-14-11(7-13(10)15)6-12(9-17-14)16(18)20-2/h3-5,11-12,14,17H,6-9H2,1-2H3. The van der Waals surface area contributed by atoms with Crippen LogP contribution in [0.4, 0.5) is 0 Å². The molecule has 0 aromatic heterocycles. The number of esters is 1. The molecule has 4 nitrogen and oxygen atoms in total. The summed E-state index contributed by atoms with van der Waals surface area (Å²) >= 11 is 0. The van der Waals surface area contributed by atoms with Gasteiger partial charge in [0.05, 0.1) is 20.1 Å². The van der Waals surface area contributed by atoms with Gasteiger partial charge in [-0.3, -0.25) is 4.79 Å². The molecule has 2 aliphatic rings. The van der Waals surface area contributed by atoms with Crippen molar-refractivity contribution in [3.8, 4) is 5.75 Å². The molecule has 0 radical (unpaired) electrons. The van der Waals surface area contributed by atoms with Crippen LogP contribution in [0.1, 0.15) is 17.5 Å². The van der Waals surface area contributed by atoms with Gasteiger partial charge >= 0.3 is 5.97 Å². The predicted octanol–water partition coefficient (Wildman–Crippen LogP) is 1.56. The lowest BCUT2D eigenvalue weighted by Crippen LogP contribution is -2.51. The molecule has 20 heavy (non-hydrogen) atoms. The van der Waals surface area contributed by atoms with Crippen LogP contribution in [-0.4, -0.2) is 32.8 Å². The molecule has 1 aromatic carbocycles. The number of ether oxygens (including phenoxy) is 2. The Morgan fingerprint density at radius 2 is 2.15 bits per heavy atom. The summed E-state index contributed by atoms with van der Waals surface area (Å²) in [4.78, 5) is 11.7. The second-order valence-corrected chi connectivity index (χ2v) is 5.74. The van der Waals surface area contributed by atoms with Gasteiger partial charge in [0, 0.05) is 12.6 Å². The third kappa shape index (κ3) is 2.29. The second kappa shape index (κ2) is 5.44. The van der Waals surface area contributed by atoms with Gasteiger partial charge in [0.25, 0.3) is 0 Å². The van der Waals surface area contributed by atoms with E-state index in [1.165, 1.54) is 18.2 Å². The summed E-state index contributed by atoms with van der Waals surface area (Å²) in [5.74, 6) is 1.34. The molecule has 1 N–H and O–H groups in total. The van der Waals surface area contributed by atoms with E-state index in [0.29, 0.717) is 12.0 Å². The van der Waals surface area contributed by atoms with Gasteiger partial charge in [-0.15, -0.1) is 0 Å². The Kier molecular flexibility index (Phi) is 3.66. The molecule has 0 spiro atoms. The van der Waals surface area contributed by atoms with Crippen LogP contribution in [0.25, 0.3) is 0 Å². The van der Waals surface area contributed by atoms with E-state index in [-0.39, 0.29) is 11.9 Å². The van der Waals surface area contributed by atoms with Gasteiger partial charge in [-0.1, -0.05) is 12.1 Å². The highest BCUT2D eigenvalue weighted by Crippen LogP contribution is 2.37. The van der Waals surface area contributed by atoms with Crippen LogP contribution in [0.5, 0.6) is 5.75 Å². The number of piperidine rings is 1. The number of hydrogen-bond donors (Lipinski definition) is 1. The molecule has 3 rings (SSSR count). The number of carbonyl (C=O) groups excluding carboxylic acids is 1. The molecule has 3 atom stereocenters. The predicted molar refractivity (Wildman–Crippen MR) is 75.8 cm³/mol. The molecule has 1 aliphatic carbocycles. The largest absolute Gasteiger partial charge is 0.496 e. The molecule has 4 heteroatoms. The second-order valence-electron chi connectivity index (χ2n) is 5.74. The maximum Gasteiger partial charge on any atom is 0.309 e. The van der Waals surface area contributed by atoms with E-state index in [2.05, 4.69) is 17.4 Å². The van der Waals surface area contributed by atoms with Gasteiger partial charge in [-0.2, -0.15) is 0 Å². The Hall–Kier alpha value is -1.55. The number of benzene rings is 1. The Bertz CT molecular complexity index is 514. The topological polar surface area (TPSA) is 47.6 Å². The molecule has 1 saturated heterocycles. The lowest BCUT2D eigenvalue weighted by molar-refractivity contribution is -0.146. The third-order valence-corrected chi connectivity index (χ3v) is 4.67. The number of hydrogen-bond acceptors (Lipinski definition) is 4. The first-order valence-corrected chi connectivity index (χ1v) is 7.19. The highest BCUT2D eigenvalue weighted by atomic mass is 16.5. The van der Waals surface area contributed by atoms with Gasteiger partial charge in [-0.05, 0) is 42.4 Å². The lowest BCUT2D eigenvalue weighted by Gasteiger charge is -2.40. The molecule has 3 unspecified atom stereocenters. The summed E-state index contributed by atoms with van der Waals surface area (Å²) in [5, 5.41) is 3.52. The van der Waals surface area contributed by atoms with Gasteiger partial charge in [0.2, 0.25) is 0 Å². The van der Waals surface area contributed by atoms with Crippen molar-refractivity contribution >= 4 is 5.97 Å². The summed E-state index contributed by atoms with van der Waals surface area (Å²) in [6.45, 7) is 0.729. The molecule has 108 valence electrons. The number of fused-ring (bicyclic) bond motifs is 2. The van der Waals surface area contributed by atoms with E-state index in [0.717, 1.165) is 31.6 Å². The van der Waals surface area contributed by atoms with E-state index in [1.54, 1.807) is 7.11 Å².